The second kappa shape index (κ2) is 4.18. The highest BCUT2D eigenvalue weighted by Gasteiger charge is 2.38. The Labute approximate surface area is 104 Å². The van der Waals surface area contributed by atoms with E-state index in [9.17, 15) is 13.2 Å². The molecule has 0 spiro atoms. The van der Waals surface area contributed by atoms with E-state index in [4.69, 9.17) is 0 Å². The molecule has 6 heteroatoms. The van der Waals surface area contributed by atoms with Gasteiger partial charge in [0.15, 0.2) is 5.69 Å². The van der Waals surface area contributed by atoms with Crippen molar-refractivity contribution in [1.29, 1.82) is 0 Å². The fourth-order valence-electron chi connectivity index (χ4n) is 1.43. The van der Waals surface area contributed by atoms with E-state index >= 15 is 0 Å². The van der Waals surface area contributed by atoms with Crippen molar-refractivity contribution < 1.29 is 13.2 Å². The molecule has 0 N–H and O–H groups in total. The van der Waals surface area contributed by atoms with Crippen LogP contribution in [0.5, 0.6) is 0 Å². The number of aromatic nitrogens is 2. The van der Waals surface area contributed by atoms with Gasteiger partial charge in [0.2, 0.25) is 0 Å². The van der Waals surface area contributed by atoms with E-state index < -0.39 is 11.9 Å². The lowest BCUT2D eigenvalue weighted by molar-refractivity contribution is -0.141. The van der Waals surface area contributed by atoms with Gasteiger partial charge < -0.3 is 0 Å². The van der Waals surface area contributed by atoms with Crippen LogP contribution in [0.25, 0.3) is 5.69 Å². The third kappa shape index (κ3) is 2.22. The molecule has 0 aliphatic carbocycles. The summed E-state index contributed by atoms with van der Waals surface area (Å²) in [6.45, 7) is 1.57. The van der Waals surface area contributed by atoms with Crippen molar-refractivity contribution in [2.75, 3.05) is 0 Å². The first-order valence-electron chi connectivity index (χ1n) is 4.70. The third-order valence-corrected chi connectivity index (χ3v) is 3.20. The molecule has 0 saturated carbocycles. The van der Waals surface area contributed by atoms with Gasteiger partial charge >= 0.3 is 6.18 Å². The van der Waals surface area contributed by atoms with Gasteiger partial charge in [0.25, 0.3) is 0 Å². The lowest BCUT2D eigenvalue weighted by Crippen LogP contribution is -2.07. The molecule has 0 fully saturated rings. The molecule has 0 aliphatic rings. The predicted molar refractivity (Wildman–Crippen MR) is 59.8 cm³/mol. The fraction of sp³-hybridized carbons (Fsp3) is 0.182. The zero-order valence-corrected chi connectivity index (χ0v) is 10.3. The van der Waals surface area contributed by atoms with E-state index in [0.29, 0.717) is 11.4 Å². The molecule has 2 aromatic rings. The normalized spacial score (nSPS) is 11.8. The first-order chi connectivity index (χ1) is 7.91. The summed E-state index contributed by atoms with van der Waals surface area (Å²) in [5, 5.41) is 3.58. The summed E-state index contributed by atoms with van der Waals surface area (Å²) < 4.78 is 39.1. The van der Waals surface area contributed by atoms with E-state index in [1.807, 2.05) is 0 Å². The van der Waals surface area contributed by atoms with Crippen LogP contribution in [0.3, 0.4) is 0 Å². The van der Waals surface area contributed by atoms with E-state index in [2.05, 4.69) is 27.1 Å². The van der Waals surface area contributed by atoms with Gasteiger partial charge in [-0.05, 0) is 41.1 Å². The summed E-state index contributed by atoms with van der Waals surface area (Å²) in [6, 6.07) is 9.40. The quantitative estimate of drug-likeness (QED) is 0.784. The van der Waals surface area contributed by atoms with Crippen molar-refractivity contribution in [1.82, 2.24) is 9.78 Å². The smallest absolute Gasteiger partial charge is 0.236 e. The molecule has 1 heterocycles. The van der Waals surface area contributed by atoms with Gasteiger partial charge in [0, 0.05) is 0 Å². The van der Waals surface area contributed by atoms with Gasteiger partial charge in [-0.25, -0.2) is 4.68 Å². The van der Waals surface area contributed by atoms with Crippen LogP contribution in [0.15, 0.2) is 28.7 Å². The summed E-state index contributed by atoms with van der Waals surface area (Å²) in [5.41, 5.74) is 0.0250. The number of hydrogen-bond acceptors (Lipinski definition) is 1. The highest BCUT2D eigenvalue weighted by molar-refractivity contribution is 9.10. The summed E-state index contributed by atoms with van der Waals surface area (Å²) >= 11 is 2.92. The molecule has 1 aromatic carbocycles. The van der Waals surface area contributed by atoms with Crippen molar-refractivity contribution in [3.63, 3.8) is 0 Å². The minimum absolute atomic E-state index is 0.0335. The Morgan fingerprint density at radius 1 is 1.41 bits per heavy atom. The van der Waals surface area contributed by atoms with Crippen molar-refractivity contribution in [2.24, 2.45) is 0 Å². The summed E-state index contributed by atoms with van der Waals surface area (Å²) in [4.78, 5) is 0. The van der Waals surface area contributed by atoms with E-state index in [-0.39, 0.29) is 4.47 Å². The van der Waals surface area contributed by atoms with Crippen molar-refractivity contribution in [3.05, 3.63) is 46.2 Å². The average molecular weight is 304 g/mol. The van der Waals surface area contributed by atoms with E-state index in [1.54, 1.807) is 31.2 Å². The molecule has 0 atom stereocenters. The topological polar surface area (TPSA) is 17.8 Å². The van der Waals surface area contributed by atoms with Gasteiger partial charge in [0.05, 0.1) is 15.9 Å². The summed E-state index contributed by atoms with van der Waals surface area (Å²) in [7, 11) is 0. The molecule has 17 heavy (non-hydrogen) atoms. The Bertz CT molecular complexity index is 532. The zero-order chi connectivity index (χ0) is 12.6. The summed E-state index contributed by atoms with van der Waals surface area (Å²) in [6.07, 6.45) is -4.46. The largest absolute Gasteiger partial charge is 0.436 e. The molecule has 2 nitrogen and oxygen atoms in total. The maximum absolute atomic E-state index is 12.6. The number of alkyl halides is 3. The van der Waals surface area contributed by atoms with Gasteiger partial charge in [-0.2, -0.15) is 18.3 Å². The number of rotatable bonds is 1. The van der Waals surface area contributed by atoms with E-state index in [0.717, 1.165) is 0 Å². The average Bonchev–Trinajstić information content (AvgIpc) is 2.57. The lowest BCUT2D eigenvalue weighted by atomic mass is 10.3. The fourth-order valence-corrected chi connectivity index (χ4v) is 1.90. The van der Waals surface area contributed by atoms with Crippen LogP contribution in [0.2, 0.25) is 0 Å². The Morgan fingerprint density at radius 2 is 2.12 bits per heavy atom. The van der Waals surface area contributed by atoms with Crippen LogP contribution >= 0.6 is 15.9 Å². The predicted octanol–water partition coefficient (Wildman–Crippen LogP) is 3.76. The molecule has 2 rings (SSSR count). The van der Waals surface area contributed by atoms with Crippen LogP contribution in [0, 0.1) is 13.0 Å². The number of halogens is 4. The maximum atomic E-state index is 12.6. The molecular weight excluding hydrogens is 297 g/mol. The Morgan fingerprint density at radius 3 is 2.59 bits per heavy atom. The number of nitrogens with zero attached hydrogens (tertiary/aromatic N) is 2. The van der Waals surface area contributed by atoms with Gasteiger partial charge in [0.1, 0.15) is 0 Å². The zero-order valence-electron chi connectivity index (χ0n) is 8.72. The van der Waals surface area contributed by atoms with Crippen molar-refractivity contribution in [3.8, 4) is 5.69 Å². The molecule has 1 radical (unpaired) electrons. The molecule has 0 aliphatic heterocycles. The molecule has 0 amide bonds. The van der Waals surface area contributed by atoms with Gasteiger partial charge in [-0.3, -0.25) is 0 Å². The Hall–Kier alpha value is -1.30. The van der Waals surface area contributed by atoms with E-state index in [1.165, 1.54) is 4.68 Å². The highest BCUT2D eigenvalue weighted by atomic mass is 79.9. The minimum Gasteiger partial charge on any atom is -0.236 e. The van der Waals surface area contributed by atoms with Crippen LogP contribution < -0.4 is 0 Å². The second-order valence-electron chi connectivity index (χ2n) is 3.42. The molecule has 0 unspecified atom stereocenters. The number of hydrogen-bond donors (Lipinski definition) is 0. The Kier molecular flexibility index (Phi) is 2.99. The van der Waals surface area contributed by atoms with Gasteiger partial charge in [-0.1, -0.05) is 12.1 Å². The molecule has 0 bridgehead atoms. The molecule has 89 valence electrons. The maximum Gasteiger partial charge on any atom is 0.436 e. The lowest BCUT2D eigenvalue weighted by Gasteiger charge is -2.03. The first-order valence-corrected chi connectivity index (χ1v) is 5.49. The SMILES string of the molecule is Cc1c(Br)c(C(F)(F)F)nn1-c1c[c]ccc1. The molecule has 0 saturated heterocycles. The van der Waals surface area contributed by atoms with Crippen LogP contribution in [-0.4, -0.2) is 9.78 Å². The Balaban J connectivity index is 2.59. The van der Waals surface area contributed by atoms with Crippen LogP contribution in [0.4, 0.5) is 13.2 Å². The number of benzene rings is 1. The second-order valence-corrected chi connectivity index (χ2v) is 4.21. The highest BCUT2D eigenvalue weighted by Crippen LogP contribution is 2.36. The van der Waals surface area contributed by atoms with Crippen molar-refractivity contribution >= 4 is 15.9 Å². The van der Waals surface area contributed by atoms with Crippen molar-refractivity contribution in [2.45, 2.75) is 13.1 Å². The van der Waals surface area contributed by atoms with Crippen LogP contribution in [0.1, 0.15) is 11.4 Å². The first kappa shape index (κ1) is 12.2. The molecular formula is C11H7BrF3N2. The standard InChI is InChI=1S/C11H7BrF3N2/c1-7-9(12)10(11(13,14)15)16-17(7)8-5-3-2-4-6-8/h2-3,5-6H,1H3. The monoisotopic (exact) mass is 303 g/mol. The van der Waals surface area contributed by atoms with Crippen LogP contribution in [-0.2, 0) is 6.18 Å². The van der Waals surface area contributed by atoms with Gasteiger partial charge in [-0.15, -0.1) is 0 Å². The summed E-state index contributed by atoms with van der Waals surface area (Å²) in [5.74, 6) is 0. The third-order valence-electron chi connectivity index (χ3n) is 2.25. The molecule has 1 aromatic heterocycles. The minimum atomic E-state index is -4.46.